The standard InChI is InChI=1S/C15H12F4N2/c16-13-7-10(5-6-12(13)15(17,18)19)14-8-20-9-21(14)11-3-1-2-4-11/h1-2,5-9,11H,3-4H2. The highest BCUT2D eigenvalue weighted by Gasteiger charge is 2.34. The zero-order valence-corrected chi connectivity index (χ0v) is 10.9. The second-order valence-electron chi connectivity index (χ2n) is 4.98. The SMILES string of the molecule is Fc1cc(-c2cncn2C2CC=CC2)ccc1C(F)(F)F. The number of imidazole rings is 1. The highest BCUT2D eigenvalue weighted by Crippen LogP contribution is 2.35. The molecule has 0 aliphatic heterocycles. The van der Waals surface area contributed by atoms with E-state index in [0.29, 0.717) is 11.3 Å². The molecule has 1 aliphatic rings. The molecule has 0 saturated heterocycles. The van der Waals surface area contributed by atoms with Gasteiger partial charge in [-0.1, -0.05) is 18.2 Å². The Bertz CT molecular complexity index is 677. The van der Waals surface area contributed by atoms with Crippen LogP contribution in [0.5, 0.6) is 0 Å². The van der Waals surface area contributed by atoms with Crippen molar-refractivity contribution < 1.29 is 17.6 Å². The van der Waals surface area contributed by atoms with Crippen LogP contribution in [0.25, 0.3) is 11.3 Å². The smallest absolute Gasteiger partial charge is 0.327 e. The number of allylic oxidation sites excluding steroid dienone is 2. The maximum absolute atomic E-state index is 13.7. The summed E-state index contributed by atoms with van der Waals surface area (Å²) in [7, 11) is 0. The van der Waals surface area contributed by atoms with E-state index in [4.69, 9.17) is 0 Å². The van der Waals surface area contributed by atoms with Crippen molar-refractivity contribution in [3.8, 4) is 11.3 Å². The topological polar surface area (TPSA) is 17.8 Å². The average Bonchev–Trinajstić information content (AvgIpc) is 3.08. The van der Waals surface area contributed by atoms with Gasteiger partial charge in [-0.05, 0) is 25.0 Å². The van der Waals surface area contributed by atoms with E-state index in [2.05, 4.69) is 4.98 Å². The molecule has 110 valence electrons. The molecule has 0 saturated carbocycles. The van der Waals surface area contributed by atoms with Crippen LogP contribution in [0.2, 0.25) is 0 Å². The first-order chi connectivity index (χ1) is 9.97. The van der Waals surface area contributed by atoms with Crippen molar-refractivity contribution >= 4 is 0 Å². The van der Waals surface area contributed by atoms with E-state index >= 15 is 0 Å². The summed E-state index contributed by atoms with van der Waals surface area (Å²) in [6.45, 7) is 0. The molecule has 1 heterocycles. The summed E-state index contributed by atoms with van der Waals surface area (Å²) in [6, 6.07) is 3.16. The summed E-state index contributed by atoms with van der Waals surface area (Å²) in [5.41, 5.74) is -0.235. The normalized spacial score (nSPS) is 15.8. The van der Waals surface area contributed by atoms with Crippen LogP contribution < -0.4 is 0 Å². The van der Waals surface area contributed by atoms with Crippen LogP contribution in [0.4, 0.5) is 17.6 Å². The zero-order chi connectivity index (χ0) is 15.0. The predicted octanol–water partition coefficient (Wildman–Crippen LogP) is 4.60. The summed E-state index contributed by atoms with van der Waals surface area (Å²) < 4.78 is 53.3. The van der Waals surface area contributed by atoms with Gasteiger partial charge in [-0.25, -0.2) is 9.37 Å². The fraction of sp³-hybridized carbons (Fsp3) is 0.267. The molecule has 1 aliphatic carbocycles. The minimum Gasteiger partial charge on any atom is -0.327 e. The molecule has 1 aromatic heterocycles. The van der Waals surface area contributed by atoms with Gasteiger partial charge in [-0.15, -0.1) is 0 Å². The quantitative estimate of drug-likeness (QED) is 0.585. The Morgan fingerprint density at radius 1 is 1.14 bits per heavy atom. The van der Waals surface area contributed by atoms with Crippen molar-refractivity contribution in [1.29, 1.82) is 0 Å². The summed E-state index contributed by atoms with van der Waals surface area (Å²) in [5, 5.41) is 0. The van der Waals surface area contributed by atoms with E-state index in [1.807, 2.05) is 16.7 Å². The molecule has 0 amide bonds. The molecule has 3 rings (SSSR count). The number of benzene rings is 1. The Morgan fingerprint density at radius 2 is 1.86 bits per heavy atom. The van der Waals surface area contributed by atoms with Gasteiger partial charge in [0.2, 0.25) is 0 Å². The fourth-order valence-corrected chi connectivity index (χ4v) is 2.55. The highest BCUT2D eigenvalue weighted by atomic mass is 19.4. The van der Waals surface area contributed by atoms with Gasteiger partial charge < -0.3 is 4.57 Å². The highest BCUT2D eigenvalue weighted by molar-refractivity contribution is 5.60. The molecule has 0 radical (unpaired) electrons. The number of aromatic nitrogens is 2. The number of hydrogen-bond donors (Lipinski definition) is 0. The van der Waals surface area contributed by atoms with Gasteiger partial charge in [-0.3, -0.25) is 0 Å². The Kier molecular flexibility index (Phi) is 3.31. The van der Waals surface area contributed by atoms with E-state index in [1.165, 1.54) is 6.07 Å². The number of hydrogen-bond acceptors (Lipinski definition) is 1. The number of nitrogens with zero attached hydrogens (tertiary/aromatic N) is 2. The van der Waals surface area contributed by atoms with Gasteiger partial charge >= 0.3 is 6.18 Å². The van der Waals surface area contributed by atoms with E-state index in [9.17, 15) is 17.6 Å². The number of halogens is 4. The van der Waals surface area contributed by atoms with Crippen LogP contribution >= 0.6 is 0 Å². The second kappa shape index (κ2) is 5.02. The summed E-state index contributed by atoms with van der Waals surface area (Å²) in [6.07, 6.45) is 4.25. The molecule has 21 heavy (non-hydrogen) atoms. The van der Waals surface area contributed by atoms with Crippen molar-refractivity contribution in [2.75, 3.05) is 0 Å². The van der Waals surface area contributed by atoms with Gasteiger partial charge in [0.1, 0.15) is 5.82 Å². The van der Waals surface area contributed by atoms with Crippen LogP contribution in [0.15, 0.2) is 42.9 Å². The molecule has 6 heteroatoms. The van der Waals surface area contributed by atoms with Crippen LogP contribution in [0.3, 0.4) is 0 Å². The third kappa shape index (κ3) is 2.57. The molecule has 0 bridgehead atoms. The fourth-order valence-electron chi connectivity index (χ4n) is 2.55. The Labute approximate surface area is 118 Å². The first-order valence-electron chi connectivity index (χ1n) is 6.51. The van der Waals surface area contributed by atoms with Gasteiger partial charge in [0.25, 0.3) is 0 Å². The van der Waals surface area contributed by atoms with Gasteiger partial charge in [0, 0.05) is 11.6 Å². The third-order valence-corrected chi connectivity index (χ3v) is 3.61. The molecule has 0 atom stereocenters. The molecule has 2 aromatic rings. The molecule has 0 unspecified atom stereocenters. The van der Waals surface area contributed by atoms with Gasteiger partial charge in [-0.2, -0.15) is 13.2 Å². The predicted molar refractivity (Wildman–Crippen MR) is 70.0 cm³/mol. The molecule has 1 aromatic carbocycles. The van der Waals surface area contributed by atoms with E-state index in [1.54, 1.807) is 12.5 Å². The summed E-state index contributed by atoms with van der Waals surface area (Å²) in [4.78, 5) is 4.03. The molecule has 2 nitrogen and oxygen atoms in total. The Morgan fingerprint density at radius 3 is 2.48 bits per heavy atom. The average molecular weight is 296 g/mol. The summed E-state index contributed by atoms with van der Waals surface area (Å²) >= 11 is 0. The molecule has 0 N–H and O–H groups in total. The van der Waals surface area contributed by atoms with Gasteiger partial charge in [0.15, 0.2) is 0 Å². The van der Waals surface area contributed by atoms with E-state index in [-0.39, 0.29) is 6.04 Å². The lowest BCUT2D eigenvalue weighted by molar-refractivity contribution is -0.139. The van der Waals surface area contributed by atoms with Gasteiger partial charge in [0.05, 0.1) is 23.8 Å². The minimum absolute atomic E-state index is 0.188. The lowest BCUT2D eigenvalue weighted by Crippen LogP contribution is -2.09. The Hall–Kier alpha value is -2.11. The maximum Gasteiger partial charge on any atom is 0.419 e. The molecular formula is C15H12F4N2. The van der Waals surface area contributed by atoms with Crippen molar-refractivity contribution in [2.24, 2.45) is 0 Å². The van der Waals surface area contributed by atoms with Crippen LogP contribution in [-0.4, -0.2) is 9.55 Å². The Balaban J connectivity index is 1.98. The second-order valence-corrected chi connectivity index (χ2v) is 4.98. The van der Waals surface area contributed by atoms with Crippen molar-refractivity contribution in [3.63, 3.8) is 0 Å². The first kappa shape index (κ1) is 13.9. The third-order valence-electron chi connectivity index (χ3n) is 3.61. The number of alkyl halides is 3. The van der Waals surface area contributed by atoms with Crippen LogP contribution in [-0.2, 0) is 6.18 Å². The van der Waals surface area contributed by atoms with Crippen LogP contribution in [0, 0.1) is 5.82 Å². The van der Waals surface area contributed by atoms with Crippen molar-refractivity contribution in [3.05, 3.63) is 54.3 Å². The van der Waals surface area contributed by atoms with E-state index in [0.717, 1.165) is 25.0 Å². The summed E-state index contributed by atoms with van der Waals surface area (Å²) in [5.74, 6) is -1.27. The molecule has 0 spiro atoms. The largest absolute Gasteiger partial charge is 0.419 e. The van der Waals surface area contributed by atoms with Crippen molar-refractivity contribution in [2.45, 2.75) is 25.1 Å². The zero-order valence-electron chi connectivity index (χ0n) is 10.9. The van der Waals surface area contributed by atoms with Crippen LogP contribution in [0.1, 0.15) is 24.4 Å². The molecule has 0 fully saturated rings. The minimum atomic E-state index is -4.68. The monoisotopic (exact) mass is 296 g/mol. The molecular weight excluding hydrogens is 284 g/mol. The first-order valence-corrected chi connectivity index (χ1v) is 6.51. The number of rotatable bonds is 2. The maximum atomic E-state index is 13.7. The lowest BCUT2D eigenvalue weighted by atomic mass is 10.1. The lowest BCUT2D eigenvalue weighted by Gasteiger charge is -2.16. The van der Waals surface area contributed by atoms with E-state index < -0.39 is 17.6 Å². The van der Waals surface area contributed by atoms with Crippen molar-refractivity contribution in [1.82, 2.24) is 9.55 Å².